The SMILES string of the molecule is Bc1ccc(C(=O)Nc2ccccc2N)cc1. The van der Waals surface area contributed by atoms with Gasteiger partial charge in [-0.3, -0.25) is 4.79 Å². The fourth-order valence-corrected chi connectivity index (χ4v) is 1.51. The topological polar surface area (TPSA) is 55.1 Å². The van der Waals surface area contributed by atoms with E-state index in [1.165, 1.54) is 0 Å². The van der Waals surface area contributed by atoms with Crippen molar-refractivity contribution in [3.63, 3.8) is 0 Å². The number of nitrogens with one attached hydrogen (secondary N) is 1. The van der Waals surface area contributed by atoms with Gasteiger partial charge in [-0.05, 0) is 12.1 Å². The Morgan fingerprint density at radius 3 is 2.35 bits per heavy atom. The maximum Gasteiger partial charge on any atom is 0.255 e. The first-order valence-corrected chi connectivity index (χ1v) is 5.39. The van der Waals surface area contributed by atoms with Gasteiger partial charge in [-0.2, -0.15) is 0 Å². The van der Waals surface area contributed by atoms with Crippen molar-refractivity contribution in [1.29, 1.82) is 0 Å². The maximum atomic E-state index is 11.9. The normalized spacial score (nSPS) is 9.88. The van der Waals surface area contributed by atoms with Gasteiger partial charge in [0.1, 0.15) is 7.85 Å². The van der Waals surface area contributed by atoms with Gasteiger partial charge in [-0.1, -0.05) is 41.9 Å². The highest BCUT2D eigenvalue weighted by Crippen LogP contribution is 2.17. The fraction of sp³-hybridized carbons (Fsp3) is 0. The Kier molecular flexibility index (Phi) is 3.14. The molecule has 1 amide bonds. The summed E-state index contributed by atoms with van der Waals surface area (Å²) in [6, 6.07) is 14.6. The van der Waals surface area contributed by atoms with Gasteiger partial charge in [0.2, 0.25) is 0 Å². The van der Waals surface area contributed by atoms with E-state index in [1.54, 1.807) is 24.3 Å². The van der Waals surface area contributed by atoms with Crippen molar-refractivity contribution in [2.45, 2.75) is 0 Å². The lowest BCUT2D eigenvalue weighted by Gasteiger charge is -2.07. The molecule has 2 rings (SSSR count). The number of para-hydroxylation sites is 2. The number of hydrogen-bond donors (Lipinski definition) is 2. The Bertz CT molecular complexity index is 537. The Balaban J connectivity index is 2.17. The number of hydrogen-bond acceptors (Lipinski definition) is 2. The number of nitrogens with two attached hydrogens (primary N) is 1. The monoisotopic (exact) mass is 224 g/mol. The predicted octanol–water partition coefficient (Wildman–Crippen LogP) is 0.780. The first-order chi connectivity index (χ1) is 8.16. The molecule has 0 spiro atoms. The van der Waals surface area contributed by atoms with Crippen LogP contribution in [0.4, 0.5) is 11.4 Å². The number of carbonyl (C=O) groups is 1. The second-order valence-electron chi connectivity index (χ2n) is 3.91. The van der Waals surface area contributed by atoms with Crippen LogP contribution >= 0.6 is 0 Å². The molecule has 17 heavy (non-hydrogen) atoms. The van der Waals surface area contributed by atoms with Crippen LogP contribution < -0.4 is 16.5 Å². The molecule has 3 nitrogen and oxygen atoms in total. The molecule has 3 N–H and O–H groups in total. The summed E-state index contributed by atoms with van der Waals surface area (Å²) in [7, 11) is 1.98. The van der Waals surface area contributed by atoms with Gasteiger partial charge in [0.15, 0.2) is 0 Å². The molecule has 0 aliphatic carbocycles. The van der Waals surface area contributed by atoms with Crippen LogP contribution in [-0.2, 0) is 0 Å². The average molecular weight is 224 g/mol. The molecule has 0 saturated carbocycles. The lowest BCUT2D eigenvalue weighted by Crippen LogP contribution is -2.14. The quantitative estimate of drug-likeness (QED) is 0.585. The minimum Gasteiger partial charge on any atom is -0.397 e. The van der Waals surface area contributed by atoms with Crippen LogP contribution in [-0.4, -0.2) is 13.8 Å². The molecule has 0 saturated heterocycles. The van der Waals surface area contributed by atoms with E-state index in [-0.39, 0.29) is 5.91 Å². The smallest absolute Gasteiger partial charge is 0.255 e. The summed E-state index contributed by atoms with van der Waals surface area (Å²) in [5.41, 5.74) is 8.71. The minimum atomic E-state index is -0.150. The highest BCUT2D eigenvalue weighted by Gasteiger charge is 2.06. The molecule has 4 heteroatoms. The van der Waals surface area contributed by atoms with E-state index in [1.807, 2.05) is 32.1 Å². The zero-order valence-corrected chi connectivity index (χ0v) is 9.60. The lowest BCUT2D eigenvalue weighted by atomic mass is 9.95. The molecule has 0 radical (unpaired) electrons. The van der Waals surface area contributed by atoms with E-state index >= 15 is 0 Å². The van der Waals surface area contributed by atoms with Crippen LogP contribution in [0.2, 0.25) is 0 Å². The molecule has 0 heterocycles. The number of anilines is 2. The zero-order valence-electron chi connectivity index (χ0n) is 9.60. The summed E-state index contributed by atoms with van der Waals surface area (Å²) in [5.74, 6) is -0.150. The predicted molar refractivity (Wildman–Crippen MR) is 73.4 cm³/mol. The summed E-state index contributed by atoms with van der Waals surface area (Å²) >= 11 is 0. The fourth-order valence-electron chi connectivity index (χ4n) is 1.51. The van der Waals surface area contributed by atoms with Gasteiger partial charge in [0.05, 0.1) is 11.4 Å². The molecule has 0 bridgehead atoms. The largest absolute Gasteiger partial charge is 0.397 e. The van der Waals surface area contributed by atoms with Crippen molar-refractivity contribution in [1.82, 2.24) is 0 Å². The van der Waals surface area contributed by atoms with Gasteiger partial charge in [-0.25, -0.2) is 0 Å². The Hall–Kier alpha value is -2.23. The highest BCUT2D eigenvalue weighted by molar-refractivity contribution is 6.32. The van der Waals surface area contributed by atoms with E-state index in [4.69, 9.17) is 5.73 Å². The molecule has 2 aromatic carbocycles. The number of carbonyl (C=O) groups excluding carboxylic acids is 1. The Morgan fingerprint density at radius 2 is 1.71 bits per heavy atom. The van der Waals surface area contributed by atoms with Gasteiger partial charge in [0, 0.05) is 5.56 Å². The van der Waals surface area contributed by atoms with Crippen molar-refractivity contribution >= 4 is 30.6 Å². The first-order valence-electron chi connectivity index (χ1n) is 5.39. The number of benzene rings is 2. The standard InChI is InChI=1S/C13H13BN2O/c14-10-7-5-9(6-8-10)13(17)16-12-4-2-1-3-11(12)15/h1-8H,14-15H2,(H,16,17). The third-order valence-electron chi connectivity index (χ3n) is 2.52. The maximum absolute atomic E-state index is 11.9. The van der Waals surface area contributed by atoms with E-state index < -0.39 is 0 Å². The number of rotatable bonds is 2. The highest BCUT2D eigenvalue weighted by atomic mass is 16.1. The van der Waals surface area contributed by atoms with E-state index in [0.29, 0.717) is 16.9 Å². The van der Waals surface area contributed by atoms with Crippen molar-refractivity contribution < 1.29 is 4.79 Å². The summed E-state index contributed by atoms with van der Waals surface area (Å²) in [6.07, 6.45) is 0. The first kappa shape index (κ1) is 11.3. The van der Waals surface area contributed by atoms with E-state index in [0.717, 1.165) is 5.46 Å². The zero-order chi connectivity index (χ0) is 12.3. The number of amides is 1. The second-order valence-corrected chi connectivity index (χ2v) is 3.91. The van der Waals surface area contributed by atoms with Gasteiger partial charge in [-0.15, -0.1) is 0 Å². The van der Waals surface area contributed by atoms with Gasteiger partial charge in [0.25, 0.3) is 5.91 Å². The van der Waals surface area contributed by atoms with Crippen molar-refractivity contribution in [3.05, 3.63) is 54.1 Å². The Morgan fingerprint density at radius 1 is 1.06 bits per heavy atom. The molecule has 0 aromatic heterocycles. The van der Waals surface area contributed by atoms with Crippen molar-refractivity contribution in [3.8, 4) is 0 Å². The average Bonchev–Trinajstić information content (AvgIpc) is 2.33. The summed E-state index contributed by atoms with van der Waals surface area (Å²) in [6.45, 7) is 0. The van der Waals surface area contributed by atoms with Gasteiger partial charge < -0.3 is 11.1 Å². The van der Waals surface area contributed by atoms with Gasteiger partial charge >= 0.3 is 0 Å². The third-order valence-corrected chi connectivity index (χ3v) is 2.52. The van der Waals surface area contributed by atoms with Crippen LogP contribution in [0.15, 0.2) is 48.5 Å². The molecular weight excluding hydrogens is 211 g/mol. The second kappa shape index (κ2) is 4.74. The minimum absolute atomic E-state index is 0.150. The van der Waals surface area contributed by atoms with E-state index in [9.17, 15) is 4.79 Å². The molecule has 2 aromatic rings. The molecule has 0 aliphatic heterocycles. The molecule has 0 unspecified atom stereocenters. The summed E-state index contributed by atoms with van der Waals surface area (Å²) < 4.78 is 0. The summed E-state index contributed by atoms with van der Waals surface area (Å²) in [4.78, 5) is 11.9. The molecule has 0 fully saturated rings. The molecule has 0 aliphatic rings. The molecule has 0 atom stereocenters. The molecule has 84 valence electrons. The van der Waals surface area contributed by atoms with Crippen LogP contribution in [0.1, 0.15) is 10.4 Å². The third kappa shape index (κ3) is 2.66. The van der Waals surface area contributed by atoms with Crippen LogP contribution in [0, 0.1) is 0 Å². The number of nitrogen functional groups attached to an aromatic ring is 1. The molecular formula is C13H13BN2O. The van der Waals surface area contributed by atoms with Crippen molar-refractivity contribution in [2.75, 3.05) is 11.1 Å². The lowest BCUT2D eigenvalue weighted by molar-refractivity contribution is 0.102. The summed E-state index contributed by atoms with van der Waals surface area (Å²) in [5, 5.41) is 2.78. The van der Waals surface area contributed by atoms with E-state index in [2.05, 4.69) is 5.32 Å². The van der Waals surface area contributed by atoms with Crippen LogP contribution in [0.3, 0.4) is 0 Å². The van der Waals surface area contributed by atoms with Crippen LogP contribution in [0.25, 0.3) is 0 Å². The van der Waals surface area contributed by atoms with Crippen LogP contribution in [0.5, 0.6) is 0 Å². The Labute approximate surface area is 101 Å². The van der Waals surface area contributed by atoms with Crippen molar-refractivity contribution in [2.24, 2.45) is 0 Å².